The minimum absolute atomic E-state index is 0.0975. The summed E-state index contributed by atoms with van der Waals surface area (Å²) in [5.74, 6) is 0.0975. The second kappa shape index (κ2) is 7.99. The number of carbonyl (C=O) groups is 1. The second-order valence-electron chi connectivity index (χ2n) is 7.26. The SMILES string of the molecule is CCn1c(C)cc(C(=O)CN2CCN(c3cccc(C(F)(F)F)c3)CC2)c1C. The largest absolute Gasteiger partial charge is 0.416 e. The number of carbonyl (C=O) groups excluding carboxylic acids is 1. The van der Waals surface area contributed by atoms with Crippen LogP contribution in [0.4, 0.5) is 18.9 Å². The number of rotatable bonds is 5. The zero-order valence-electron chi connectivity index (χ0n) is 16.5. The Balaban J connectivity index is 1.61. The smallest absolute Gasteiger partial charge is 0.369 e. The average Bonchev–Trinajstić information content (AvgIpc) is 2.95. The molecule has 0 aliphatic carbocycles. The van der Waals surface area contributed by atoms with Gasteiger partial charge in [-0.05, 0) is 45.0 Å². The number of Topliss-reactive ketones (excluding diaryl/α,β-unsaturated/α-hetero) is 1. The molecular weight excluding hydrogens is 367 g/mol. The van der Waals surface area contributed by atoms with Gasteiger partial charge in [-0.2, -0.15) is 13.2 Å². The van der Waals surface area contributed by atoms with Gasteiger partial charge in [0.1, 0.15) is 0 Å². The molecule has 1 aliphatic heterocycles. The van der Waals surface area contributed by atoms with Crippen molar-refractivity contribution < 1.29 is 18.0 Å². The highest BCUT2D eigenvalue weighted by atomic mass is 19.4. The van der Waals surface area contributed by atoms with Gasteiger partial charge in [0.05, 0.1) is 12.1 Å². The van der Waals surface area contributed by atoms with E-state index in [9.17, 15) is 18.0 Å². The van der Waals surface area contributed by atoms with Gasteiger partial charge in [-0.3, -0.25) is 9.69 Å². The van der Waals surface area contributed by atoms with E-state index in [1.807, 2.05) is 24.8 Å². The molecule has 0 spiro atoms. The van der Waals surface area contributed by atoms with Crippen molar-refractivity contribution in [3.8, 4) is 0 Å². The lowest BCUT2D eigenvalue weighted by Crippen LogP contribution is -2.48. The van der Waals surface area contributed by atoms with E-state index < -0.39 is 11.7 Å². The van der Waals surface area contributed by atoms with Crippen molar-refractivity contribution in [1.29, 1.82) is 0 Å². The number of benzene rings is 1. The molecular formula is C21H26F3N3O. The molecule has 0 radical (unpaired) electrons. The first kappa shape index (κ1) is 20.5. The highest BCUT2D eigenvalue weighted by Gasteiger charge is 2.31. The van der Waals surface area contributed by atoms with Gasteiger partial charge >= 0.3 is 6.18 Å². The maximum atomic E-state index is 12.9. The summed E-state index contributed by atoms with van der Waals surface area (Å²) < 4.78 is 40.9. The average molecular weight is 393 g/mol. The summed E-state index contributed by atoms with van der Waals surface area (Å²) in [4.78, 5) is 16.7. The van der Waals surface area contributed by atoms with E-state index in [1.165, 1.54) is 12.1 Å². The molecule has 1 saturated heterocycles. The van der Waals surface area contributed by atoms with Crippen molar-refractivity contribution in [2.45, 2.75) is 33.5 Å². The number of aromatic nitrogens is 1. The fourth-order valence-electron chi connectivity index (χ4n) is 3.90. The molecule has 3 rings (SSSR count). The Morgan fingerprint density at radius 3 is 2.32 bits per heavy atom. The van der Waals surface area contributed by atoms with Crippen molar-refractivity contribution in [3.05, 3.63) is 52.8 Å². The van der Waals surface area contributed by atoms with Gasteiger partial charge in [0.15, 0.2) is 5.78 Å². The molecule has 0 bridgehead atoms. The zero-order chi connectivity index (χ0) is 20.5. The van der Waals surface area contributed by atoms with Gasteiger partial charge < -0.3 is 9.47 Å². The third-order valence-electron chi connectivity index (χ3n) is 5.47. The molecule has 1 aromatic carbocycles. The highest BCUT2D eigenvalue weighted by molar-refractivity contribution is 5.99. The predicted octanol–water partition coefficient (Wildman–Crippen LogP) is 4.15. The van der Waals surface area contributed by atoms with Crippen LogP contribution in [0.3, 0.4) is 0 Å². The van der Waals surface area contributed by atoms with E-state index in [4.69, 9.17) is 0 Å². The fraction of sp³-hybridized carbons (Fsp3) is 0.476. The molecule has 4 nitrogen and oxygen atoms in total. The van der Waals surface area contributed by atoms with Crippen molar-refractivity contribution in [2.24, 2.45) is 0 Å². The normalized spacial score (nSPS) is 15.9. The molecule has 152 valence electrons. The maximum absolute atomic E-state index is 12.9. The van der Waals surface area contributed by atoms with Gasteiger partial charge in [0, 0.05) is 55.4 Å². The molecule has 0 atom stereocenters. The van der Waals surface area contributed by atoms with Crippen LogP contribution in [0.5, 0.6) is 0 Å². The number of halogens is 3. The molecule has 2 heterocycles. The number of hydrogen-bond acceptors (Lipinski definition) is 3. The molecule has 0 unspecified atom stereocenters. The molecule has 0 saturated carbocycles. The predicted molar refractivity (Wildman–Crippen MR) is 104 cm³/mol. The minimum Gasteiger partial charge on any atom is -0.369 e. The molecule has 28 heavy (non-hydrogen) atoms. The first-order valence-corrected chi connectivity index (χ1v) is 9.55. The Kier molecular flexibility index (Phi) is 5.84. The van der Waals surface area contributed by atoms with E-state index in [2.05, 4.69) is 16.4 Å². The summed E-state index contributed by atoms with van der Waals surface area (Å²) in [6.45, 7) is 9.69. The minimum atomic E-state index is -4.34. The Morgan fingerprint density at radius 2 is 1.75 bits per heavy atom. The third kappa shape index (κ3) is 4.24. The summed E-state index contributed by atoms with van der Waals surface area (Å²) in [6.07, 6.45) is -4.34. The van der Waals surface area contributed by atoms with E-state index in [0.29, 0.717) is 38.4 Å². The third-order valence-corrected chi connectivity index (χ3v) is 5.47. The van der Waals surface area contributed by atoms with Crippen LogP contribution in [-0.4, -0.2) is 48.0 Å². The molecule has 0 amide bonds. The number of piperazine rings is 1. The van der Waals surface area contributed by atoms with E-state index in [0.717, 1.165) is 29.6 Å². The Hall–Kier alpha value is -2.28. The Labute approximate surface area is 163 Å². The number of aryl methyl sites for hydroxylation is 1. The molecule has 1 aromatic heterocycles. The molecule has 0 N–H and O–H groups in total. The number of ketones is 1. The van der Waals surface area contributed by atoms with Crippen LogP contribution in [0.15, 0.2) is 30.3 Å². The summed E-state index contributed by atoms with van der Waals surface area (Å²) >= 11 is 0. The number of anilines is 1. The summed E-state index contributed by atoms with van der Waals surface area (Å²) in [5, 5.41) is 0. The quantitative estimate of drug-likeness (QED) is 0.715. The monoisotopic (exact) mass is 393 g/mol. The van der Waals surface area contributed by atoms with Crippen LogP contribution < -0.4 is 4.90 Å². The van der Waals surface area contributed by atoms with Crippen LogP contribution in [0, 0.1) is 13.8 Å². The van der Waals surface area contributed by atoms with E-state index in [-0.39, 0.29) is 5.78 Å². The van der Waals surface area contributed by atoms with Crippen LogP contribution in [0.2, 0.25) is 0 Å². The van der Waals surface area contributed by atoms with Crippen LogP contribution in [0.25, 0.3) is 0 Å². The van der Waals surface area contributed by atoms with Crippen molar-refractivity contribution in [1.82, 2.24) is 9.47 Å². The number of alkyl halides is 3. The number of nitrogens with zero attached hydrogens (tertiary/aromatic N) is 3. The molecule has 2 aromatic rings. The van der Waals surface area contributed by atoms with Gasteiger partial charge in [-0.15, -0.1) is 0 Å². The first-order valence-electron chi connectivity index (χ1n) is 9.55. The lowest BCUT2D eigenvalue weighted by Gasteiger charge is -2.36. The number of hydrogen-bond donors (Lipinski definition) is 0. The van der Waals surface area contributed by atoms with Crippen molar-refractivity contribution in [3.63, 3.8) is 0 Å². The van der Waals surface area contributed by atoms with Gasteiger partial charge in [0.25, 0.3) is 0 Å². The zero-order valence-corrected chi connectivity index (χ0v) is 16.5. The van der Waals surface area contributed by atoms with Gasteiger partial charge in [-0.25, -0.2) is 0 Å². The molecule has 1 aliphatic rings. The second-order valence-corrected chi connectivity index (χ2v) is 7.26. The summed E-state index contributed by atoms with van der Waals surface area (Å²) in [5.41, 5.74) is 2.78. The highest BCUT2D eigenvalue weighted by Crippen LogP contribution is 2.31. The van der Waals surface area contributed by atoms with Gasteiger partial charge in [-0.1, -0.05) is 6.07 Å². The lowest BCUT2D eigenvalue weighted by molar-refractivity contribution is -0.137. The first-order chi connectivity index (χ1) is 13.2. The fourth-order valence-corrected chi connectivity index (χ4v) is 3.90. The Morgan fingerprint density at radius 1 is 1.07 bits per heavy atom. The standard InChI is InChI=1S/C21H26F3N3O/c1-4-27-15(2)12-19(16(27)3)20(28)14-25-8-10-26(11-9-25)18-7-5-6-17(13-18)21(22,23)24/h5-7,12-13H,4,8-11,14H2,1-3H3. The van der Waals surface area contributed by atoms with Crippen molar-refractivity contribution >= 4 is 11.5 Å². The van der Waals surface area contributed by atoms with E-state index in [1.54, 1.807) is 6.07 Å². The van der Waals surface area contributed by atoms with Crippen LogP contribution >= 0.6 is 0 Å². The van der Waals surface area contributed by atoms with Crippen molar-refractivity contribution in [2.75, 3.05) is 37.6 Å². The molecule has 7 heteroatoms. The van der Waals surface area contributed by atoms with E-state index >= 15 is 0 Å². The van der Waals surface area contributed by atoms with Crippen LogP contribution in [-0.2, 0) is 12.7 Å². The molecule has 1 fully saturated rings. The maximum Gasteiger partial charge on any atom is 0.416 e. The topological polar surface area (TPSA) is 28.5 Å². The van der Waals surface area contributed by atoms with Gasteiger partial charge in [0.2, 0.25) is 0 Å². The van der Waals surface area contributed by atoms with Crippen LogP contribution in [0.1, 0.15) is 34.2 Å². The lowest BCUT2D eigenvalue weighted by atomic mass is 10.1. The summed E-state index contributed by atoms with van der Waals surface area (Å²) in [7, 11) is 0. The Bertz CT molecular complexity index is 849. The summed E-state index contributed by atoms with van der Waals surface area (Å²) in [6, 6.07) is 7.37.